The van der Waals surface area contributed by atoms with E-state index in [1.165, 1.54) is 15.9 Å². The van der Waals surface area contributed by atoms with E-state index < -0.39 is 0 Å². The van der Waals surface area contributed by atoms with Gasteiger partial charge in [0.15, 0.2) is 5.82 Å². The third-order valence-electron chi connectivity index (χ3n) is 6.08. The number of nitrogens with zero attached hydrogens (tertiary/aromatic N) is 5. The molecule has 0 amide bonds. The molecule has 192 valence electrons. The van der Waals surface area contributed by atoms with E-state index in [-0.39, 0.29) is 5.56 Å². The van der Waals surface area contributed by atoms with Gasteiger partial charge in [-0.25, -0.2) is 4.68 Å². The molecule has 6 rings (SSSR count). The topological polar surface area (TPSA) is 83.5 Å². The van der Waals surface area contributed by atoms with E-state index in [0.29, 0.717) is 21.9 Å². The maximum atomic E-state index is 13.3. The molecule has 3 aromatic heterocycles. The van der Waals surface area contributed by atoms with Crippen molar-refractivity contribution in [2.75, 3.05) is 13.7 Å². The Kier molecular flexibility index (Phi) is 6.48. The lowest BCUT2D eigenvalue weighted by atomic mass is 10.1. The van der Waals surface area contributed by atoms with Gasteiger partial charge in [0.05, 0.1) is 17.3 Å². The molecule has 0 N–H and O–H groups in total. The Bertz CT molecular complexity index is 1870. The molecule has 3 aromatic carbocycles. The molecule has 0 bridgehead atoms. The first-order valence-corrected chi connectivity index (χ1v) is 13.0. The number of rotatable bonds is 8. The van der Waals surface area contributed by atoms with Crippen LogP contribution >= 0.6 is 11.3 Å². The molecule has 0 saturated carbocycles. The number of aromatic nitrogens is 5. The van der Waals surface area contributed by atoms with Crippen LogP contribution in [0.2, 0.25) is 0 Å². The van der Waals surface area contributed by atoms with Crippen molar-refractivity contribution < 1.29 is 9.47 Å². The van der Waals surface area contributed by atoms with E-state index in [1.54, 1.807) is 13.2 Å². The minimum Gasteiger partial charge on any atom is -0.497 e. The largest absolute Gasteiger partial charge is 0.497 e. The van der Waals surface area contributed by atoms with Gasteiger partial charge in [-0.3, -0.25) is 4.79 Å². The fourth-order valence-electron chi connectivity index (χ4n) is 4.13. The quantitative estimate of drug-likeness (QED) is 0.262. The number of fused-ring (bicyclic) bond motifs is 1. The molecule has 0 aliphatic rings. The number of methoxy groups -OCH3 is 1. The van der Waals surface area contributed by atoms with Gasteiger partial charge < -0.3 is 9.47 Å². The Labute approximate surface area is 227 Å². The highest BCUT2D eigenvalue weighted by molar-refractivity contribution is 7.15. The van der Waals surface area contributed by atoms with Gasteiger partial charge in [-0.15, -0.1) is 5.10 Å². The summed E-state index contributed by atoms with van der Waals surface area (Å²) >= 11 is 1.29. The normalized spacial score (nSPS) is 11.7. The third-order valence-corrected chi connectivity index (χ3v) is 7.03. The minimum atomic E-state index is -0.228. The summed E-state index contributed by atoms with van der Waals surface area (Å²) in [7, 11) is 1.62. The molecule has 39 heavy (non-hydrogen) atoms. The van der Waals surface area contributed by atoms with Crippen LogP contribution in [0.4, 0.5) is 0 Å². The number of hydrogen-bond donors (Lipinski definition) is 0. The van der Waals surface area contributed by atoms with Crippen molar-refractivity contribution in [2.24, 2.45) is 0 Å². The van der Waals surface area contributed by atoms with Gasteiger partial charge in [-0.1, -0.05) is 42.2 Å². The fourth-order valence-corrected chi connectivity index (χ4v) is 5.03. The SMILES string of the molecule is C=CCOc1ccc(-c2nn(-c3ccccc3)cc2C=c2sc3nc(-c4ccc(OC)cc4)nn3c2=O)cc1. The van der Waals surface area contributed by atoms with Gasteiger partial charge in [0.25, 0.3) is 5.56 Å². The van der Waals surface area contributed by atoms with E-state index in [0.717, 1.165) is 39.6 Å². The van der Waals surface area contributed by atoms with Crippen LogP contribution < -0.4 is 19.6 Å². The van der Waals surface area contributed by atoms with Crippen molar-refractivity contribution in [3.63, 3.8) is 0 Å². The van der Waals surface area contributed by atoms with E-state index in [1.807, 2.05) is 95.8 Å². The van der Waals surface area contributed by atoms with Crippen molar-refractivity contribution in [1.29, 1.82) is 0 Å². The monoisotopic (exact) mass is 533 g/mol. The zero-order valence-corrected chi connectivity index (χ0v) is 21.8. The Morgan fingerprint density at radius 2 is 1.64 bits per heavy atom. The van der Waals surface area contributed by atoms with Gasteiger partial charge in [0.1, 0.15) is 23.8 Å². The Balaban J connectivity index is 1.42. The molecule has 0 unspecified atom stereocenters. The predicted molar refractivity (Wildman–Crippen MR) is 153 cm³/mol. The average molecular weight is 534 g/mol. The molecule has 0 atom stereocenters. The molecular weight excluding hydrogens is 510 g/mol. The molecule has 0 spiro atoms. The van der Waals surface area contributed by atoms with Crippen molar-refractivity contribution in [3.05, 3.63) is 118 Å². The summed E-state index contributed by atoms with van der Waals surface area (Å²) in [5, 5.41) is 9.33. The lowest BCUT2D eigenvalue weighted by molar-refractivity contribution is 0.363. The highest BCUT2D eigenvalue weighted by Gasteiger charge is 2.15. The Hall–Kier alpha value is -5.02. The highest BCUT2D eigenvalue weighted by Crippen LogP contribution is 2.27. The maximum Gasteiger partial charge on any atom is 0.291 e. The van der Waals surface area contributed by atoms with Crippen molar-refractivity contribution in [3.8, 4) is 39.8 Å². The second kappa shape index (κ2) is 10.4. The standard InChI is InChI=1S/C30H23N5O3S/c1-3-17-38-25-15-9-20(10-16-25)27-22(19-34(32-27)23-7-5-4-6-8-23)18-26-29(36)35-30(39-26)31-28(33-35)21-11-13-24(37-2)14-12-21/h3-16,18-19H,1,17H2,2H3. The molecule has 9 heteroatoms. The van der Waals surface area contributed by atoms with Crippen molar-refractivity contribution in [1.82, 2.24) is 24.4 Å². The summed E-state index contributed by atoms with van der Waals surface area (Å²) in [6.07, 6.45) is 5.47. The first-order valence-electron chi connectivity index (χ1n) is 12.2. The van der Waals surface area contributed by atoms with Crippen LogP contribution in [0.3, 0.4) is 0 Å². The molecule has 0 saturated heterocycles. The summed E-state index contributed by atoms with van der Waals surface area (Å²) in [6.45, 7) is 4.12. The van der Waals surface area contributed by atoms with E-state index in [2.05, 4.69) is 16.7 Å². The first kappa shape index (κ1) is 24.3. The molecular formula is C30H23N5O3S. The lowest BCUT2D eigenvalue weighted by Gasteiger charge is -2.04. The average Bonchev–Trinajstić information content (AvgIpc) is 3.68. The molecule has 0 aliphatic heterocycles. The van der Waals surface area contributed by atoms with Crippen LogP contribution in [0.1, 0.15) is 5.56 Å². The van der Waals surface area contributed by atoms with E-state index in [9.17, 15) is 4.79 Å². The van der Waals surface area contributed by atoms with E-state index in [4.69, 9.17) is 14.6 Å². The number of thiazole rings is 1. The highest BCUT2D eigenvalue weighted by atomic mass is 32.1. The van der Waals surface area contributed by atoms with Crippen LogP contribution in [-0.2, 0) is 0 Å². The van der Waals surface area contributed by atoms with E-state index >= 15 is 0 Å². The number of hydrogen-bond acceptors (Lipinski definition) is 7. The molecule has 3 heterocycles. The van der Waals surface area contributed by atoms with Gasteiger partial charge >= 0.3 is 0 Å². The van der Waals surface area contributed by atoms with Crippen LogP contribution in [0.25, 0.3) is 39.4 Å². The lowest BCUT2D eigenvalue weighted by Crippen LogP contribution is -2.23. The molecule has 6 aromatic rings. The fraction of sp³-hybridized carbons (Fsp3) is 0.0667. The van der Waals surface area contributed by atoms with Crippen LogP contribution in [0.15, 0.2) is 103 Å². The summed E-state index contributed by atoms with van der Waals surface area (Å²) in [6, 6.07) is 25.0. The number of benzene rings is 3. The first-order chi connectivity index (χ1) is 19.1. The Morgan fingerprint density at radius 3 is 2.33 bits per heavy atom. The summed E-state index contributed by atoms with van der Waals surface area (Å²) in [5.41, 5.74) is 3.94. The van der Waals surface area contributed by atoms with Gasteiger partial charge in [-0.2, -0.15) is 14.6 Å². The molecule has 0 fully saturated rings. The summed E-state index contributed by atoms with van der Waals surface area (Å²) in [4.78, 5) is 18.4. The third kappa shape index (κ3) is 4.83. The van der Waals surface area contributed by atoms with Gasteiger partial charge in [0.2, 0.25) is 4.96 Å². The summed E-state index contributed by atoms with van der Waals surface area (Å²) < 4.78 is 14.5. The van der Waals surface area contributed by atoms with Crippen LogP contribution in [0, 0.1) is 0 Å². The predicted octanol–water partition coefficient (Wildman–Crippen LogP) is 4.79. The zero-order chi connectivity index (χ0) is 26.8. The van der Waals surface area contributed by atoms with Gasteiger partial charge in [0, 0.05) is 22.9 Å². The number of para-hydroxylation sites is 1. The second-order valence-electron chi connectivity index (χ2n) is 8.61. The molecule has 0 radical (unpaired) electrons. The number of ether oxygens (including phenoxy) is 2. The van der Waals surface area contributed by atoms with Crippen LogP contribution in [-0.4, -0.2) is 38.1 Å². The van der Waals surface area contributed by atoms with Crippen molar-refractivity contribution in [2.45, 2.75) is 0 Å². The summed E-state index contributed by atoms with van der Waals surface area (Å²) in [5.74, 6) is 1.97. The molecule has 0 aliphatic carbocycles. The maximum absolute atomic E-state index is 13.3. The minimum absolute atomic E-state index is 0.228. The Morgan fingerprint density at radius 1 is 0.923 bits per heavy atom. The zero-order valence-electron chi connectivity index (χ0n) is 21.0. The second-order valence-corrected chi connectivity index (χ2v) is 9.62. The van der Waals surface area contributed by atoms with Crippen LogP contribution in [0.5, 0.6) is 11.5 Å². The smallest absolute Gasteiger partial charge is 0.291 e. The van der Waals surface area contributed by atoms with Crippen molar-refractivity contribution >= 4 is 22.4 Å². The molecule has 8 nitrogen and oxygen atoms in total. The van der Waals surface area contributed by atoms with Gasteiger partial charge in [-0.05, 0) is 66.7 Å².